The molecule has 2 unspecified atom stereocenters. The van der Waals surface area contributed by atoms with Crippen LogP contribution in [0.15, 0.2) is 59.7 Å². The number of hydrogen-bond acceptors (Lipinski definition) is 5. The van der Waals surface area contributed by atoms with Gasteiger partial charge in [-0.1, -0.05) is 30.3 Å². The number of benzene rings is 2. The van der Waals surface area contributed by atoms with E-state index >= 15 is 0 Å². The molecule has 1 heterocycles. The van der Waals surface area contributed by atoms with Crippen LogP contribution in [0.3, 0.4) is 0 Å². The van der Waals surface area contributed by atoms with Crippen LogP contribution in [0.5, 0.6) is 5.75 Å². The van der Waals surface area contributed by atoms with Crippen LogP contribution in [-0.2, 0) is 4.79 Å². The van der Waals surface area contributed by atoms with Gasteiger partial charge in [0.2, 0.25) is 0 Å². The zero-order valence-electron chi connectivity index (χ0n) is 19.7. The molecule has 33 heavy (non-hydrogen) atoms. The summed E-state index contributed by atoms with van der Waals surface area (Å²) in [5.74, 6) is 5.77. The van der Waals surface area contributed by atoms with E-state index in [0.717, 1.165) is 16.7 Å². The minimum absolute atomic E-state index is 0.00519. The Kier molecular flexibility index (Phi) is 7.87. The second-order valence-electron chi connectivity index (χ2n) is 8.33. The van der Waals surface area contributed by atoms with E-state index < -0.39 is 6.10 Å². The van der Waals surface area contributed by atoms with E-state index in [1.807, 2.05) is 85.2 Å². The summed E-state index contributed by atoms with van der Waals surface area (Å²) in [5, 5.41) is 3.51. The van der Waals surface area contributed by atoms with Gasteiger partial charge in [0, 0.05) is 37.5 Å². The molecule has 0 bridgehead atoms. The first-order chi connectivity index (χ1) is 15.8. The maximum absolute atomic E-state index is 13.2. The average Bonchev–Trinajstić information content (AvgIpc) is 2.83. The molecule has 2 amide bonds. The van der Waals surface area contributed by atoms with Crippen LogP contribution in [0.2, 0.25) is 0 Å². The summed E-state index contributed by atoms with van der Waals surface area (Å²) in [5.41, 5.74) is 3.62. The summed E-state index contributed by atoms with van der Waals surface area (Å²) in [4.78, 5) is 29.6. The van der Waals surface area contributed by atoms with Crippen molar-refractivity contribution in [2.45, 2.75) is 39.8 Å². The lowest BCUT2D eigenvalue weighted by Gasteiger charge is -2.40. The summed E-state index contributed by atoms with van der Waals surface area (Å²) in [6.45, 7) is 9.15. The van der Waals surface area contributed by atoms with E-state index in [4.69, 9.17) is 10.6 Å². The number of nitrogens with two attached hydrogens (primary N) is 1. The Morgan fingerprint density at radius 1 is 1.15 bits per heavy atom. The molecule has 1 aliphatic heterocycles. The average molecular weight is 449 g/mol. The number of ether oxygens (including phenoxy) is 1. The fourth-order valence-electron chi connectivity index (χ4n) is 4.12. The lowest BCUT2D eigenvalue weighted by Crippen LogP contribution is -2.57. The van der Waals surface area contributed by atoms with Crippen molar-refractivity contribution in [1.82, 2.24) is 9.80 Å². The van der Waals surface area contributed by atoms with Gasteiger partial charge in [0.1, 0.15) is 5.75 Å². The molecule has 3 rings (SSSR count). The molecular weight excluding hydrogens is 416 g/mol. The second kappa shape index (κ2) is 10.8. The Morgan fingerprint density at radius 3 is 2.55 bits per heavy atom. The summed E-state index contributed by atoms with van der Waals surface area (Å²) >= 11 is 0. The standard InChI is InChI=1S/C26H32N4O3/c1-18(13-14-28-27)23-11-8-12-24(20(23)3)33-21(4)25(31)30-16-15-29(17-19(30)2)26(32)22-9-6-5-7-10-22/h5-14,19,21H,15-17,27H2,1-4H3/b18-13+,28-14-. The Labute approximate surface area is 195 Å². The minimum Gasteiger partial charge on any atom is -0.481 e. The van der Waals surface area contributed by atoms with Gasteiger partial charge in [-0.2, -0.15) is 5.10 Å². The molecule has 0 radical (unpaired) electrons. The SMILES string of the molecule is C/C(=C\C=N/N)c1cccc(OC(C)C(=O)N2CCN(C(=O)c3ccccc3)CC2C)c1C. The zero-order valence-corrected chi connectivity index (χ0v) is 19.7. The van der Waals surface area contributed by atoms with E-state index in [9.17, 15) is 9.59 Å². The third kappa shape index (κ3) is 5.61. The highest BCUT2D eigenvalue weighted by molar-refractivity contribution is 5.94. The molecule has 0 spiro atoms. The van der Waals surface area contributed by atoms with Gasteiger partial charge in [0.25, 0.3) is 11.8 Å². The number of piperazine rings is 1. The molecule has 7 heteroatoms. The molecule has 174 valence electrons. The Morgan fingerprint density at radius 2 is 1.88 bits per heavy atom. The summed E-state index contributed by atoms with van der Waals surface area (Å²) in [6, 6.07) is 14.9. The Bertz CT molecular complexity index is 1050. The number of hydrazone groups is 1. The number of carbonyl (C=O) groups is 2. The Hall–Kier alpha value is -3.61. The van der Waals surface area contributed by atoms with Crippen LogP contribution < -0.4 is 10.6 Å². The van der Waals surface area contributed by atoms with Crippen LogP contribution in [-0.4, -0.2) is 59.6 Å². The van der Waals surface area contributed by atoms with Gasteiger partial charge >= 0.3 is 0 Å². The van der Waals surface area contributed by atoms with Crippen molar-refractivity contribution in [2.24, 2.45) is 10.9 Å². The molecule has 2 aromatic carbocycles. The lowest BCUT2D eigenvalue weighted by molar-refractivity contribution is -0.142. The molecule has 1 saturated heterocycles. The number of nitrogens with zero attached hydrogens (tertiary/aromatic N) is 3. The Balaban J connectivity index is 1.66. The highest BCUT2D eigenvalue weighted by atomic mass is 16.5. The fraction of sp³-hybridized carbons (Fsp3) is 0.346. The van der Waals surface area contributed by atoms with Crippen molar-refractivity contribution in [3.63, 3.8) is 0 Å². The topological polar surface area (TPSA) is 88.2 Å². The molecule has 0 aliphatic carbocycles. The van der Waals surface area contributed by atoms with Gasteiger partial charge in [-0.25, -0.2) is 0 Å². The van der Waals surface area contributed by atoms with Crippen molar-refractivity contribution < 1.29 is 14.3 Å². The summed E-state index contributed by atoms with van der Waals surface area (Å²) < 4.78 is 6.09. The van der Waals surface area contributed by atoms with E-state index in [1.54, 1.807) is 6.92 Å². The largest absolute Gasteiger partial charge is 0.481 e. The monoisotopic (exact) mass is 448 g/mol. The molecule has 2 N–H and O–H groups in total. The number of rotatable bonds is 6. The zero-order chi connectivity index (χ0) is 24.0. The molecule has 2 aromatic rings. The third-order valence-corrected chi connectivity index (χ3v) is 5.99. The van der Waals surface area contributed by atoms with Crippen LogP contribution in [0, 0.1) is 6.92 Å². The van der Waals surface area contributed by atoms with Crippen LogP contribution >= 0.6 is 0 Å². The highest BCUT2D eigenvalue weighted by Gasteiger charge is 2.33. The van der Waals surface area contributed by atoms with Gasteiger partial charge in [-0.05, 0) is 68.7 Å². The van der Waals surface area contributed by atoms with Gasteiger partial charge in [-0.15, -0.1) is 0 Å². The fourth-order valence-corrected chi connectivity index (χ4v) is 4.12. The van der Waals surface area contributed by atoms with Crippen molar-refractivity contribution in [3.8, 4) is 5.75 Å². The molecule has 1 fully saturated rings. The van der Waals surface area contributed by atoms with E-state index in [0.29, 0.717) is 30.9 Å². The van der Waals surface area contributed by atoms with Crippen molar-refractivity contribution in [1.29, 1.82) is 0 Å². The normalized spacial score (nSPS) is 17.8. The molecular formula is C26H32N4O3. The van der Waals surface area contributed by atoms with E-state index in [-0.39, 0.29) is 17.9 Å². The van der Waals surface area contributed by atoms with Crippen LogP contribution in [0.25, 0.3) is 5.57 Å². The predicted molar refractivity (Wildman–Crippen MR) is 131 cm³/mol. The van der Waals surface area contributed by atoms with E-state index in [2.05, 4.69) is 5.10 Å². The minimum atomic E-state index is -0.646. The van der Waals surface area contributed by atoms with Gasteiger partial charge < -0.3 is 20.4 Å². The lowest BCUT2D eigenvalue weighted by atomic mass is 10.0. The molecule has 1 aliphatic rings. The second-order valence-corrected chi connectivity index (χ2v) is 8.33. The van der Waals surface area contributed by atoms with Crippen LogP contribution in [0.1, 0.15) is 42.3 Å². The predicted octanol–water partition coefficient (Wildman–Crippen LogP) is 3.48. The first kappa shape index (κ1) is 24.0. The number of allylic oxidation sites excluding steroid dienone is 2. The maximum Gasteiger partial charge on any atom is 0.263 e. The van der Waals surface area contributed by atoms with Crippen molar-refractivity contribution in [2.75, 3.05) is 19.6 Å². The van der Waals surface area contributed by atoms with Gasteiger partial charge in [0.15, 0.2) is 6.10 Å². The highest BCUT2D eigenvalue weighted by Crippen LogP contribution is 2.28. The van der Waals surface area contributed by atoms with Gasteiger partial charge in [-0.3, -0.25) is 9.59 Å². The van der Waals surface area contributed by atoms with Crippen molar-refractivity contribution >= 4 is 23.6 Å². The molecule has 0 aromatic heterocycles. The molecule has 7 nitrogen and oxygen atoms in total. The van der Waals surface area contributed by atoms with E-state index in [1.165, 1.54) is 6.21 Å². The van der Waals surface area contributed by atoms with Crippen molar-refractivity contribution in [3.05, 3.63) is 71.3 Å². The number of carbonyl (C=O) groups excluding carboxylic acids is 2. The van der Waals surface area contributed by atoms with Gasteiger partial charge in [0.05, 0.1) is 0 Å². The quantitative estimate of drug-likeness (QED) is 0.416. The summed E-state index contributed by atoms with van der Waals surface area (Å²) in [6.07, 6.45) is 2.73. The molecule has 2 atom stereocenters. The number of hydrogen-bond donors (Lipinski definition) is 1. The summed E-state index contributed by atoms with van der Waals surface area (Å²) in [7, 11) is 0. The first-order valence-electron chi connectivity index (χ1n) is 11.1. The van der Waals surface area contributed by atoms with Crippen LogP contribution in [0.4, 0.5) is 0 Å². The number of amides is 2. The first-order valence-corrected chi connectivity index (χ1v) is 11.1. The molecule has 0 saturated carbocycles. The maximum atomic E-state index is 13.2. The smallest absolute Gasteiger partial charge is 0.263 e. The third-order valence-electron chi connectivity index (χ3n) is 5.99.